The average Bonchev–Trinajstić information content (AvgIpc) is 3.63. The van der Waals surface area contributed by atoms with Crippen LogP contribution in [-0.2, 0) is 17.8 Å². The van der Waals surface area contributed by atoms with E-state index in [9.17, 15) is 27.6 Å². The third-order valence-electron chi connectivity index (χ3n) is 5.77. The second-order valence-corrected chi connectivity index (χ2v) is 10.2. The number of hydrogen-bond acceptors (Lipinski definition) is 7. The predicted octanol–water partition coefficient (Wildman–Crippen LogP) is 4.63. The number of anilines is 1. The number of alkyl halides is 3. The second-order valence-electron chi connectivity index (χ2n) is 8.53. The Morgan fingerprint density at radius 2 is 1.73 bits per heavy atom. The number of hydrogen-bond donors (Lipinski definition) is 3. The van der Waals surface area contributed by atoms with E-state index in [2.05, 4.69) is 15.6 Å². The van der Waals surface area contributed by atoms with Crippen LogP contribution in [0.15, 0.2) is 59.6 Å². The van der Waals surface area contributed by atoms with E-state index in [1.807, 2.05) is 24.3 Å². The SMILES string of the molecule is O=C(Nc1cccc2c1C(=O)N(Cc1ccc(CC3=NCCN3)cc1)C2=O)c1ccc(Cl)s1.O=C(O)C(F)(F)F. The molecule has 0 saturated heterocycles. The van der Waals surface area contributed by atoms with E-state index in [0.29, 0.717) is 14.9 Å². The number of halogens is 4. The van der Waals surface area contributed by atoms with E-state index in [1.165, 1.54) is 4.90 Å². The molecule has 3 heterocycles. The molecule has 0 atom stereocenters. The van der Waals surface area contributed by atoms with Crippen LogP contribution < -0.4 is 10.6 Å². The number of fused-ring (bicyclic) bond motifs is 1. The Morgan fingerprint density at radius 1 is 1.05 bits per heavy atom. The quantitative estimate of drug-likeness (QED) is 0.358. The first-order chi connectivity index (χ1) is 18.9. The molecule has 2 aromatic carbocycles. The van der Waals surface area contributed by atoms with Crippen LogP contribution in [0.4, 0.5) is 18.9 Å². The Kier molecular flexibility index (Phi) is 8.55. The zero-order valence-electron chi connectivity index (χ0n) is 20.4. The van der Waals surface area contributed by atoms with Crippen molar-refractivity contribution >= 4 is 58.2 Å². The van der Waals surface area contributed by atoms with Gasteiger partial charge in [-0.05, 0) is 35.4 Å². The van der Waals surface area contributed by atoms with E-state index in [0.717, 1.165) is 47.8 Å². The van der Waals surface area contributed by atoms with Crippen molar-refractivity contribution < 1.29 is 37.5 Å². The molecule has 0 saturated carbocycles. The fourth-order valence-electron chi connectivity index (χ4n) is 3.91. The molecule has 2 aliphatic heterocycles. The van der Waals surface area contributed by atoms with Crippen LogP contribution >= 0.6 is 22.9 Å². The first-order valence-electron chi connectivity index (χ1n) is 11.6. The number of nitrogens with zero attached hydrogens (tertiary/aromatic N) is 2. The van der Waals surface area contributed by atoms with Gasteiger partial charge in [-0.1, -0.05) is 41.9 Å². The van der Waals surface area contributed by atoms with E-state index >= 15 is 0 Å². The molecule has 0 fully saturated rings. The van der Waals surface area contributed by atoms with Gasteiger partial charge in [0.25, 0.3) is 17.7 Å². The van der Waals surface area contributed by atoms with Gasteiger partial charge >= 0.3 is 12.1 Å². The molecule has 0 aliphatic carbocycles. The summed E-state index contributed by atoms with van der Waals surface area (Å²) in [5.74, 6) is -2.96. The summed E-state index contributed by atoms with van der Waals surface area (Å²) in [6.07, 6.45) is -4.36. The topological polar surface area (TPSA) is 128 Å². The van der Waals surface area contributed by atoms with Gasteiger partial charge < -0.3 is 15.7 Å². The summed E-state index contributed by atoms with van der Waals surface area (Å²) in [6.45, 7) is 1.83. The first kappa shape index (κ1) is 28.8. The number of aliphatic carboxylic acids is 1. The standard InChI is InChI=1S/C24H19ClN4O3S.C2HF3O2/c25-19-9-8-18(33-19)22(30)28-17-3-1-2-16-21(17)24(32)29(23(16)31)13-15-6-4-14(5-7-15)12-20-26-10-11-27-20;3-2(4,5)1(6)7/h1-9H,10-13H2,(H,26,27)(H,28,30);(H,6,7). The number of amidine groups is 1. The van der Waals surface area contributed by atoms with Crippen molar-refractivity contribution in [2.75, 3.05) is 18.4 Å². The minimum Gasteiger partial charge on any atom is -0.475 e. The van der Waals surface area contributed by atoms with Crippen molar-refractivity contribution in [3.8, 4) is 0 Å². The van der Waals surface area contributed by atoms with Crippen molar-refractivity contribution in [3.05, 3.63) is 86.1 Å². The molecule has 3 aromatic rings. The van der Waals surface area contributed by atoms with Crippen LogP contribution in [0.5, 0.6) is 0 Å². The maximum atomic E-state index is 13.2. The van der Waals surface area contributed by atoms with Crippen molar-refractivity contribution in [2.45, 2.75) is 19.1 Å². The lowest BCUT2D eigenvalue weighted by Gasteiger charge is -2.14. The fourth-order valence-corrected chi connectivity index (χ4v) is 4.84. The van der Waals surface area contributed by atoms with E-state index in [-0.39, 0.29) is 29.5 Å². The number of thiophene rings is 1. The van der Waals surface area contributed by atoms with Crippen molar-refractivity contribution in [1.82, 2.24) is 10.2 Å². The fraction of sp³-hybridized carbons (Fsp3) is 0.192. The third kappa shape index (κ3) is 6.66. The smallest absolute Gasteiger partial charge is 0.475 e. The molecule has 0 unspecified atom stereocenters. The van der Waals surface area contributed by atoms with Gasteiger partial charge in [-0.15, -0.1) is 11.3 Å². The highest BCUT2D eigenvalue weighted by atomic mass is 35.5. The zero-order valence-corrected chi connectivity index (χ0v) is 22.0. The Bertz CT molecular complexity index is 1500. The van der Waals surface area contributed by atoms with Crippen LogP contribution in [-0.4, -0.2) is 58.8 Å². The molecule has 40 heavy (non-hydrogen) atoms. The number of carboxylic acid groups (broad SMARTS) is 1. The number of aliphatic imine (C=N–C) groups is 1. The first-order valence-corrected chi connectivity index (χ1v) is 12.8. The summed E-state index contributed by atoms with van der Waals surface area (Å²) in [4.78, 5) is 53.6. The van der Waals surface area contributed by atoms with Crippen molar-refractivity contribution in [1.29, 1.82) is 0 Å². The highest BCUT2D eigenvalue weighted by Crippen LogP contribution is 2.31. The lowest BCUT2D eigenvalue weighted by molar-refractivity contribution is -0.192. The highest BCUT2D eigenvalue weighted by molar-refractivity contribution is 7.18. The van der Waals surface area contributed by atoms with Gasteiger partial charge in [0, 0.05) is 13.0 Å². The van der Waals surface area contributed by atoms with Crippen LogP contribution in [0.3, 0.4) is 0 Å². The number of imide groups is 1. The normalized spacial score (nSPS) is 14.2. The van der Waals surface area contributed by atoms with Gasteiger partial charge in [0.2, 0.25) is 0 Å². The summed E-state index contributed by atoms with van der Waals surface area (Å²) < 4.78 is 32.2. The molecule has 9 nitrogen and oxygen atoms in total. The molecule has 2 aliphatic rings. The number of carbonyl (C=O) groups excluding carboxylic acids is 3. The summed E-state index contributed by atoms with van der Waals surface area (Å²) in [6, 6.07) is 15.9. The number of nitrogens with one attached hydrogen (secondary N) is 2. The summed E-state index contributed by atoms with van der Waals surface area (Å²) in [5, 5.41) is 13.1. The van der Waals surface area contributed by atoms with Crippen LogP contribution in [0, 0.1) is 0 Å². The minimum absolute atomic E-state index is 0.153. The van der Waals surface area contributed by atoms with E-state index < -0.39 is 18.1 Å². The van der Waals surface area contributed by atoms with Gasteiger partial charge in [-0.3, -0.25) is 24.3 Å². The number of rotatable bonds is 6. The number of carboxylic acids is 1. The van der Waals surface area contributed by atoms with Crippen LogP contribution in [0.2, 0.25) is 4.34 Å². The Labute approximate surface area is 234 Å². The van der Waals surface area contributed by atoms with Gasteiger partial charge in [0.05, 0.1) is 39.1 Å². The largest absolute Gasteiger partial charge is 0.490 e. The maximum Gasteiger partial charge on any atom is 0.490 e. The molecular formula is C26H20ClF3N4O5S. The lowest BCUT2D eigenvalue weighted by Crippen LogP contribution is -2.29. The molecule has 0 radical (unpaired) electrons. The molecule has 14 heteroatoms. The highest BCUT2D eigenvalue weighted by Gasteiger charge is 2.39. The van der Waals surface area contributed by atoms with Gasteiger partial charge in [0.1, 0.15) is 5.84 Å². The molecule has 208 valence electrons. The molecule has 3 N–H and O–H groups in total. The summed E-state index contributed by atoms with van der Waals surface area (Å²) in [5.41, 5.74) is 2.74. The molecule has 0 bridgehead atoms. The third-order valence-corrected chi connectivity index (χ3v) is 7.00. The average molecular weight is 593 g/mol. The van der Waals surface area contributed by atoms with Gasteiger partial charge in [0.15, 0.2) is 0 Å². The number of carbonyl (C=O) groups is 4. The minimum atomic E-state index is -5.08. The molecular weight excluding hydrogens is 573 g/mol. The van der Waals surface area contributed by atoms with Crippen LogP contribution in [0.25, 0.3) is 0 Å². The number of benzene rings is 2. The molecule has 3 amide bonds. The van der Waals surface area contributed by atoms with E-state index in [4.69, 9.17) is 21.5 Å². The monoisotopic (exact) mass is 592 g/mol. The lowest BCUT2D eigenvalue weighted by atomic mass is 10.1. The van der Waals surface area contributed by atoms with Crippen molar-refractivity contribution in [3.63, 3.8) is 0 Å². The molecule has 1 aromatic heterocycles. The van der Waals surface area contributed by atoms with Crippen LogP contribution in [0.1, 0.15) is 41.5 Å². The predicted molar refractivity (Wildman–Crippen MR) is 142 cm³/mol. The summed E-state index contributed by atoms with van der Waals surface area (Å²) in [7, 11) is 0. The van der Waals surface area contributed by atoms with Crippen molar-refractivity contribution in [2.24, 2.45) is 4.99 Å². The Balaban J connectivity index is 0.000000470. The molecule has 0 spiro atoms. The second kappa shape index (κ2) is 11.9. The van der Waals surface area contributed by atoms with E-state index in [1.54, 1.807) is 30.3 Å². The maximum absolute atomic E-state index is 13.2. The zero-order chi connectivity index (χ0) is 29.0. The Hall–Kier alpha value is -4.23. The molecule has 5 rings (SSSR count). The summed E-state index contributed by atoms with van der Waals surface area (Å²) >= 11 is 7.06. The Morgan fingerprint density at radius 3 is 2.30 bits per heavy atom. The van der Waals surface area contributed by atoms with Gasteiger partial charge in [-0.2, -0.15) is 13.2 Å². The van der Waals surface area contributed by atoms with Gasteiger partial charge in [-0.25, -0.2) is 4.79 Å². The number of amides is 3.